The molecule has 2 N–H and O–H groups in total. The van der Waals surface area contributed by atoms with Gasteiger partial charge in [0.05, 0.1) is 0 Å². The molecule has 0 aliphatic carbocycles. The lowest BCUT2D eigenvalue weighted by atomic mass is 10.1. The van der Waals surface area contributed by atoms with Gasteiger partial charge in [-0.25, -0.2) is 0 Å². The highest BCUT2D eigenvalue weighted by Gasteiger charge is 2.26. The van der Waals surface area contributed by atoms with Crippen molar-refractivity contribution in [2.24, 2.45) is 5.73 Å². The minimum atomic E-state index is 0.358. The van der Waals surface area contributed by atoms with E-state index in [0.717, 1.165) is 13.1 Å². The second-order valence-electron chi connectivity index (χ2n) is 4.90. The van der Waals surface area contributed by atoms with Crippen LogP contribution in [0.15, 0.2) is 24.3 Å². The Kier molecular flexibility index (Phi) is 3.45. The maximum absolute atomic E-state index is 5.68. The quantitative estimate of drug-likeness (QED) is 0.855. The summed E-state index contributed by atoms with van der Waals surface area (Å²) >= 11 is 2.06. The summed E-state index contributed by atoms with van der Waals surface area (Å²) in [4.78, 5) is 2.47. The number of benzene rings is 1. The van der Waals surface area contributed by atoms with Gasteiger partial charge >= 0.3 is 0 Å². The normalized spacial score (nSPS) is 19.8. The van der Waals surface area contributed by atoms with Crippen LogP contribution in [0.1, 0.15) is 19.4 Å². The van der Waals surface area contributed by atoms with Crippen LogP contribution in [0.3, 0.4) is 0 Å². The number of anilines is 1. The van der Waals surface area contributed by atoms with Crippen LogP contribution in [-0.4, -0.2) is 23.6 Å². The van der Waals surface area contributed by atoms with Crippen LogP contribution in [0.2, 0.25) is 0 Å². The van der Waals surface area contributed by atoms with E-state index in [9.17, 15) is 0 Å². The van der Waals surface area contributed by atoms with E-state index < -0.39 is 0 Å². The third kappa shape index (κ3) is 2.71. The SMILES string of the molecule is CC1(C)CN(c2cccc(CN)c2)CCS1. The molecule has 0 spiro atoms. The first kappa shape index (κ1) is 11.8. The average Bonchev–Trinajstić information content (AvgIpc) is 2.28. The minimum Gasteiger partial charge on any atom is -0.369 e. The van der Waals surface area contributed by atoms with Gasteiger partial charge in [-0.2, -0.15) is 11.8 Å². The molecular formula is C13H20N2S. The zero-order valence-corrected chi connectivity index (χ0v) is 10.9. The summed E-state index contributed by atoms with van der Waals surface area (Å²) in [6, 6.07) is 8.59. The number of hydrogen-bond donors (Lipinski definition) is 1. The van der Waals surface area contributed by atoms with E-state index in [2.05, 4.69) is 54.8 Å². The Bertz CT molecular complexity index is 363. The van der Waals surface area contributed by atoms with Crippen LogP contribution in [0.5, 0.6) is 0 Å². The van der Waals surface area contributed by atoms with E-state index in [1.807, 2.05) is 0 Å². The van der Waals surface area contributed by atoms with Crippen molar-refractivity contribution < 1.29 is 0 Å². The van der Waals surface area contributed by atoms with E-state index >= 15 is 0 Å². The van der Waals surface area contributed by atoms with E-state index in [4.69, 9.17) is 5.73 Å². The highest BCUT2D eigenvalue weighted by molar-refractivity contribution is 8.00. The predicted molar refractivity (Wildman–Crippen MR) is 73.1 cm³/mol. The standard InChI is InChI=1S/C13H20N2S/c1-13(2)10-15(6-7-16-13)12-5-3-4-11(8-12)9-14/h3-5,8H,6-7,9-10,14H2,1-2H3. The van der Waals surface area contributed by atoms with Crippen molar-refractivity contribution in [3.63, 3.8) is 0 Å². The summed E-state index contributed by atoms with van der Waals surface area (Å²) < 4.78 is 0.358. The monoisotopic (exact) mass is 236 g/mol. The molecule has 1 aromatic rings. The van der Waals surface area contributed by atoms with Gasteiger partial charge in [0.1, 0.15) is 0 Å². The van der Waals surface area contributed by atoms with Crippen molar-refractivity contribution in [2.45, 2.75) is 25.1 Å². The Morgan fingerprint density at radius 1 is 1.44 bits per heavy atom. The Labute approximate surface area is 102 Å². The summed E-state index contributed by atoms with van der Waals surface area (Å²) in [7, 11) is 0. The Morgan fingerprint density at radius 3 is 2.94 bits per heavy atom. The van der Waals surface area contributed by atoms with Crippen molar-refractivity contribution in [3.8, 4) is 0 Å². The molecule has 1 fully saturated rings. The summed E-state index contributed by atoms with van der Waals surface area (Å²) in [6.45, 7) is 7.51. The van der Waals surface area contributed by atoms with Gasteiger partial charge in [-0.3, -0.25) is 0 Å². The molecule has 0 atom stereocenters. The first-order valence-corrected chi connectivity index (χ1v) is 6.77. The van der Waals surface area contributed by atoms with Gasteiger partial charge in [0.25, 0.3) is 0 Å². The number of thioether (sulfide) groups is 1. The second-order valence-corrected chi connectivity index (χ2v) is 6.71. The maximum Gasteiger partial charge on any atom is 0.0370 e. The molecule has 3 heteroatoms. The molecular weight excluding hydrogens is 216 g/mol. The Morgan fingerprint density at radius 2 is 2.25 bits per heavy atom. The third-order valence-electron chi connectivity index (χ3n) is 2.94. The summed E-state index contributed by atoms with van der Waals surface area (Å²) in [6.07, 6.45) is 0. The molecule has 1 aliphatic heterocycles. The van der Waals surface area contributed by atoms with Gasteiger partial charge in [0.15, 0.2) is 0 Å². The number of nitrogens with zero attached hydrogens (tertiary/aromatic N) is 1. The predicted octanol–water partition coefficient (Wildman–Crippen LogP) is 2.48. The molecule has 0 radical (unpaired) electrons. The second kappa shape index (κ2) is 4.68. The zero-order chi connectivity index (χ0) is 11.6. The van der Waals surface area contributed by atoms with Gasteiger partial charge in [-0.05, 0) is 31.5 Å². The smallest absolute Gasteiger partial charge is 0.0370 e. The van der Waals surface area contributed by atoms with Gasteiger partial charge in [-0.15, -0.1) is 0 Å². The topological polar surface area (TPSA) is 29.3 Å². The van der Waals surface area contributed by atoms with Gasteiger partial charge in [-0.1, -0.05) is 12.1 Å². The van der Waals surface area contributed by atoms with Crippen molar-refractivity contribution >= 4 is 17.4 Å². The summed E-state index contributed by atoms with van der Waals surface area (Å²) in [5.74, 6) is 1.21. The molecule has 2 nitrogen and oxygen atoms in total. The molecule has 88 valence electrons. The molecule has 1 saturated heterocycles. The van der Waals surface area contributed by atoms with Crippen LogP contribution in [0.4, 0.5) is 5.69 Å². The molecule has 1 aliphatic rings. The molecule has 2 rings (SSSR count). The fourth-order valence-corrected chi connectivity index (χ4v) is 3.23. The van der Waals surface area contributed by atoms with Crippen molar-refractivity contribution in [1.82, 2.24) is 0 Å². The van der Waals surface area contributed by atoms with Gasteiger partial charge in [0, 0.05) is 35.8 Å². The Hall–Kier alpha value is -0.670. The number of hydrogen-bond acceptors (Lipinski definition) is 3. The van der Waals surface area contributed by atoms with Gasteiger partial charge < -0.3 is 10.6 Å². The van der Waals surface area contributed by atoms with Crippen molar-refractivity contribution in [3.05, 3.63) is 29.8 Å². The van der Waals surface area contributed by atoms with E-state index in [0.29, 0.717) is 11.3 Å². The first-order chi connectivity index (χ1) is 7.61. The number of nitrogens with two attached hydrogens (primary N) is 1. The van der Waals surface area contributed by atoms with E-state index in [1.165, 1.54) is 17.0 Å². The highest BCUT2D eigenvalue weighted by atomic mass is 32.2. The fourth-order valence-electron chi connectivity index (χ4n) is 2.12. The van der Waals surface area contributed by atoms with Crippen LogP contribution in [0, 0.1) is 0 Å². The molecule has 16 heavy (non-hydrogen) atoms. The molecule has 0 bridgehead atoms. The van der Waals surface area contributed by atoms with Crippen LogP contribution >= 0.6 is 11.8 Å². The minimum absolute atomic E-state index is 0.358. The highest BCUT2D eigenvalue weighted by Crippen LogP contribution is 2.32. The average molecular weight is 236 g/mol. The maximum atomic E-state index is 5.68. The van der Waals surface area contributed by atoms with Crippen LogP contribution in [-0.2, 0) is 6.54 Å². The third-order valence-corrected chi connectivity index (χ3v) is 4.23. The van der Waals surface area contributed by atoms with Crippen LogP contribution < -0.4 is 10.6 Å². The van der Waals surface area contributed by atoms with Gasteiger partial charge in [0.2, 0.25) is 0 Å². The largest absolute Gasteiger partial charge is 0.369 e. The Balaban J connectivity index is 2.16. The lowest BCUT2D eigenvalue weighted by Gasteiger charge is -2.39. The molecule has 1 aromatic carbocycles. The molecule has 0 saturated carbocycles. The summed E-state index contributed by atoms with van der Waals surface area (Å²) in [5.41, 5.74) is 8.21. The first-order valence-electron chi connectivity index (χ1n) is 5.79. The van der Waals surface area contributed by atoms with Crippen molar-refractivity contribution in [1.29, 1.82) is 0 Å². The van der Waals surface area contributed by atoms with Crippen molar-refractivity contribution in [2.75, 3.05) is 23.7 Å². The lowest BCUT2D eigenvalue weighted by Crippen LogP contribution is -2.43. The molecule has 0 unspecified atom stereocenters. The van der Waals surface area contributed by atoms with E-state index in [-0.39, 0.29) is 0 Å². The molecule has 1 heterocycles. The summed E-state index contributed by atoms with van der Waals surface area (Å²) in [5, 5.41) is 0. The van der Waals surface area contributed by atoms with E-state index in [1.54, 1.807) is 0 Å². The lowest BCUT2D eigenvalue weighted by molar-refractivity contribution is 0.647. The van der Waals surface area contributed by atoms with Crippen LogP contribution in [0.25, 0.3) is 0 Å². The fraction of sp³-hybridized carbons (Fsp3) is 0.538. The molecule has 0 amide bonds. The number of rotatable bonds is 2. The zero-order valence-electron chi connectivity index (χ0n) is 10.1. The molecule has 0 aromatic heterocycles.